The number of rotatable bonds is 6. The van der Waals surface area contributed by atoms with E-state index in [0.717, 1.165) is 5.69 Å². The maximum absolute atomic E-state index is 11.9. The van der Waals surface area contributed by atoms with Gasteiger partial charge >= 0.3 is 6.03 Å². The molecule has 3 amide bonds. The third kappa shape index (κ3) is 4.19. The Hall–Kier alpha value is -3.63. The van der Waals surface area contributed by atoms with E-state index in [1.165, 1.54) is 12.3 Å². The minimum atomic E-state index is -0.585. The average molecular weight is 428 g/mol. The van der Waals surface area contributed by atoms with E-state index in [0.29, 0.717) is 34.4 Å². The van der Waals surface area contributed by atoms with Crippen molar-refractivity contribution in [2.45, 2.75) is 13.0 Å². The summed E-state index contributed by atoms with van der Waals surface area (Å²) in [5.41, 5.74) is 1.81. The number of fused-ring (bicyclic) bond motifs is 1. The second-order valence-electron chi connectivity index (χ2n) is 6.69. The van der Waals surface area contributed by atoms with Gasteiger partial charge in [0.05, 0.1) is 12.3 Å². The van der Waals surface area contributed by atoms with Gasteiger partial charge in [0.25, 0.3) is 5.91 Å². The summed E-state index contributed by atoms with van der Waals surface area (Å²) < 4.78 is 1.55. The highest BCUT2D eigenvalue weighted by atomic mass is 35.5. The van der Waals surface area contributed by atoms with E-state index in [2.05, 4.69) is 31.3 Å². The molecule has 3 aromatic rings. The minimum Gasteiger partial charge on any atom is -0.392 e. The molecule has 5 N–H and O–H groups in total. The predicted octanol–water partition coefficient (Wildman–Crippen LogP) is 2.10. The number of aliphatic hydroxyl groups excluding tert-OH is 1. The van der Waals surface area contributed by atoms with E-state index in [9.17, 15) is 14.7 Å². The maximum atomic E-state index is 11.9. The van der Waals surface area contributed by atoms with Crippen molar-refractivity contribution in [1.29, 1.82) is 0 Å². The molecule has 0 radical (unpaired) electrons. The maximum Gasteiger partial charge on any atom is 0.326 e. The molecule has 1 aromatic carbocycles. The van der Waals surface area contributed by atoms with Gasteiger partial charge in [-0.15, -0.1) is 0 Å². The number of aliphatic hydroxyl groups is 1. The molecule has 0 spiro atoms. The first kappa shape index (κ1) is 19.7. The summed E-state index contributed by atoms with van der Waals surface area (Å²) in [4.78, 5) is 27.8. The lowest BCUT2D eigenvalue weighted by molar-refractivity contribution is -0.115. The van der Waals surface area contributed by atoms with Gasteiger partial charge in [0.1, 0.15) is 17.3 Å². The smallest absolute Gasteiger partial charge is 0.326 e. The topological polar surface area (TPSA) is 133 Å². The van der Waals surface area contributed by atoms with Gasteiger partial charge in [-0.25, -0.2) is 9.78 Å². The van der Waals surface area contributed by atoms with Crippen LogP contribution < -0.4 is 21.3 Å². The number of hydrogen-bond donors (Lipinski definition) is 5. The average Bonchev–Trinajstić information content (AvgIpc) is 3.22. The lowest BCUT2D eigenvalue weighted by Gasteiger charge is -2.13. The summed E-state index contributed by atoms with van der Waals surface area (Å²) in [5.74, 6) is 0.549. The SMILES string of the molecule is CC(O)CNc1cc(Nc2cccc(Cl)c2)nc2c(/C=C3\NC(=O)NC3=O)cnn12. The molecule has 10 nitrogen and oxygen atoms in total. The molecule has 1 fully saturated rings. The van der Waals surface area contributed by atoms with Crippen LogP contribution in [0.2, 0.25) is 5.02 Å². The van der Waals surface area contributed by atoms with Crippen LogP contribution >= 0.6 is 11.6 Å². The molecule has 30 heavy (non-hydrogen) atoms. The van der Waals surface area contributed by atoms with Gasteiger partial charge in [0, 0.05) is 28.9 Å². The van der Waals surface area contributed by atoms with Crippen molar-refractivity contribution in [3.63, 3.8) is 0 Å². The third-order valence-corrected chi connectivity index (χ3v) is 4.43. The van der Waals surface area contributed by atoms with E-state index >= 15 is 0 Å². The van der Waals surface area contributed by atoms with Crippen LogP contribution in [0.5, 0.6) is 0 Å². The fraction of sp³-hybridized carbons (Fsp3) is 0.158. The number of aromatic nitrogens is 3. The van der Waals surface area contributed by atoms with Crippen LogP contribution in [-0.4, -0.2) is 44.3 Å². The number of nitrogens with zero attached hydrogens (tertiary/aromatic N) is 3. The molecule has 0 aliphatic carbocycles. The number of benzene rings is 1. The number of urea groups is 1. The lowest BCUT2D eigenvalue weighted by Crippen LogP contribution is -2.22. The molecule has 0 bridgehead atoms. The summed E-state index contributed by atoms with van der Waals surface area (Å²) in [7, 11) is 0. The van der Waals surface area contributed by atoms with Crippen molar-refractivity contribution < 1.29 is 14.7 Å². The molecular weight excluding hydrogens is 410 g/mol. The van der Waals surface area contributed by atoms with Crippen molar-refractivity contribution in [3.8, 4) is 0 Å². The zero-order chi connectivity index (χ0) is 21.3. The highest BCUT2D eigenvalue weighted by Crippen LogP contribution is 2.24. The molecule has 1 aliphatic rings. The number of imide groups is 1. The standard InChI is InChI=1S/C19H18ClN7O3/c1-10(28)8-21-16-7-15(23-13-4-2-3-12(20)6-13)25-17-11(9-22-27(16)17)5-14-18(29)26-19(30)24-14/h2-7,9-10,21,28H,8H2,1H3,(H,23,25)(H2,24,26,29,30)/b14-5-. The predicted molar refractivity (Wildman–Crippen MR) is 113 cm³/mol. The van der Waals surface area contributed by atoms with Crippen molar-refractivity contribution in [3.05, 3.63) is 52.8 Å². The molecule has 1 unspecified atom stereocenters. The van der Waals surface area contributed by atoms with E-state index in [-0.39, 0.29) is 5.70 Å². The van der Waals surface area contributed by atoms with Gasteiger partial charge in [-0.2, -0.15) is 9.61 Å². The molecule has 4 rings (SSSR count). The number of carbonyl (C=O) groups is 2. The van der Waals surface area contributed by atoms with Crippen molar-refractivity contribution in [2.24, 2.45) is 0 Å². The van der Waals surface area contributed by atoms with E-state index in [1.807, 2.05) is 12.1 Å². The zero-order valence-corrected chi connectivity index (χ0v) is 16.6. The van der Waals surface area contributed by atoms with E-state index in [1.54, 1.807) is 29.6 Å². The van der Waals surface area contributed by atoms with Crippen molar-refractivity contribution in [2.75, 3.05) is 17.2 Å². The number of hydrogen-bond acceptors (Lipinski definition) is 7. The molecule has 0 saturated carbocycles. The first-order chi connectivity index (χ1) is 14.4. The molecule has 2 aromatic heterocycles. The monoisotopic (exact) mass is 427 g/mol. The summed E-state index contributed by atoms with van der Waals surface area (Å²) >= 11 is 6.06. The quantitative estimate of drug-likeness (QED) is 0.300. The summed E-state index contributed by atoms with van der Waals surface area (Å²) in [6.45, 7) is 1.96. The molecular formula is C19H18ClN7O3. The Kier molecular flexibility index (Phi) is 5.25. The van der Waals surface area contributed by atoms with Crippen molar-refractivity contribution in [1.82, 2.24) is 25.2 Å². The van der Waals surface area contributed by atoms with E-state index < -0.39 is 18.0 Å². The fourth-order valence-corrected chi connectivity index (χ4v) is 3.07. The van der Waals surface area contributed by atoms with Crippen LogP contribution in [0.15, 0.2) is 42.2 Å². The first-order valence-electron chi connectivity index (χ1n) is 9.06. The number of halogens is 1. The Morgan fingerprint density at radius 3 is 2.83 bits per heavy atom. The molecule has 1 saturated heterocycles. The number of amides is 3. The van der Waals surface area contributed by atoms with E-state index in [4.69, 9.17) is 11.6 Å². The molecule has 1 aliphatic heterocycles. The highest BCUT2D eigenvalue weighted by Gasteiger charge is 2.23. The lowest BCUT2D eigenvalue weighted by atomic mass is 10.2. The Labute approximate surface area is 175 Å². The highest BCUT2D eigenvalue weighted by molar-refractivity contribution is 6.30. The fourth-order valence-electron chi connectivity index (χ4n) is 2.88. The summed E-state index contributed by atoms with van der Waals surface area (Å²) in [6, 6.07) is 8.34. The molecule has 3 heterocycles. The van der Waals surface area contributed by atoms with Crippen LogP contribution in [0.25, 0.3) is 11.7 Å². The van der Waals surface area contributed by atoms with Crippen LogP contribution in [-0.2, 0) is 4.79 Å². The van der Waals surface area contributed by atoms with Crippen LogP contribution in [0.1, 0.15) is 12.5 Å². The van der Waals surface area contributed by atoms with Gasteiger partial charge in [-0.05, 0) is 31.2 Å². The minimum absolute atomic E-state index is 0.100. The van der Waals surface area contributed by atoms with Crippen LogP contribution in [0.3, 0.4) is 0 Å². The van der Waals surface area contributed by atoms with Gasteiger partial charge in [-0.1, -0.05) is 17.7 Å². The van der Waals surface area contributed by atoms with Crippen LogP contribution in [0, 0.1) is 0 Å². The van der Waals surface area contributed by atoms with Gasteiger partial charge in [0.15, 0.2) is 5.65 Å². The molecule has 11 heteroatoms. The second kappa shape index (κ2) is 8.01. The van der Waals surface area contributed by atoms with Gasteiger partial charge in [-0.3, -0.25) is 10.1 Å². The normalized spacial score (nSPS) is 15.9. The number of nitrogens with one attached hydrogen (secondary N) is 4. The number of carbonyl (C=O) groups excluding carboxylic acids is 2. The largest absolute Gasteiger partial charge is 0.392 e. The molecule has 1 atom stereocenters. The first-order valence-corrected chi connectivity index (χ1v) is 9.44. The third-order valence-electron chi connectivity index (χ3n) is 4.19. The number of anilines is 3. The Bertz CT molecular complexity index is 1170. The summed E-state index contributed by atoms with van der Waals surface area (Å²) in [6.07, 6.45) is 2.45. The molecule has 154 valence electrons. The summed E-state index contributed by atoms with van der Waals surface area (Å²) in [5, 5.41) is 25.4. The van der Waals surface area contributed by atoms with Crippen LogP contribution in [0.4, 0.5) is 22.1 Å². The van der Waals surface area contributed by atoms with Gasteiger partial charge in [0.2, 0.25) is 0 Å². The Morgan fingerprint density at radius 2 is 2.13 bits per heavy atom. The van der Waals surface area contributed by atoms with Crippen molar-refractivity contribution >= 4 is 52.6 Å². The van der Waals surface area contributed by atoms with Gasteiger partial charge < -0.3 is 21.1 Å². The Morgan fingerprint density at radius 1 is 1.30 bits per heavy atom. The zero-order valence-electron chi connectivity index (χ0n) is 15.8. The Balaban J connectivity index is 1.77. The second-order valence-corrected chi connectivity index (χ2v) is 7.13.